The van der Waals surface area contributed by atoms with Gasteiger partial charge in [-0.1, -0.05) is 11.6 Å². The lowest BCUT2D eigenvalue weighted by Crippen LogP contribution is -2.27. The van der Waals surface area contributed by atoms with Gasteiger partial charge in [0.1, 0.15) is 10.8 Å². The minimum Gasteiger partial charge on any atom is -0.477 e. The molecule has 2 aromatic heterocycles. The van der Waals surface area contributed by atoms with E-state index in [0.29, 0.717) is 0 Å². The molecule has 1 amide bonds. The van der Waals surface area contributed by atoms with Crippen molar-refractivity contribution in [3.8, 4) is 0 Å². The van der Waals surface area contributed by atoms with Crippen LogP contribution in [0.25, 0.3) is 5.65 Å². The summed E-state index contributed by atoms with van der Waals surface area (Å²) in [6.45, 7) is 5.14. The molecule has 112 valence electrons. The number of fused-ring (bicyclic) bond motifs is 1. The summed E-state index contributed by atoms with van der Waals surface area (Å²) in [4.78, 5) is 30.7. The van der Waals surface area contributed by atoms with Crippen LogP contribution in [0.2, 0.25) is 5.15 Å². The third-order valence-corrected chi connectivity index (χ3v) is 2.48. The lowest BCUT2D eigenvalue weighted by molar-refractivity contribution is 0.0633. The highest BCUT2D eigenvalue weighted by molar-refractivity contribution is 6.29. The molecule has 9 heteroatoms. The molecular weight excluding hydrogens is 300 g/mol. The standard InChI is InChI=1S/C12H13ClN4O4/c1-12(2,3)21-11(20)16-8-9-14-4-6(10(18)19)17(9)5-7(13)15-8/h4-5H,1-3H3,(H,18,19)(H,15,16,20). The molecule has 0 aromatic carbocycles. The Labute approximate surface area is 124 Å². The molecule has 2 heterocycles. The first-order valence-corrected chi connectivity index (χ1v) is 6.32. The number of nitrogens with zero attached hydrogens (tertiary/aromatic N) is 3. The predicted molar refractivity (Wildman–Crippen MR) is 74.8 cm³/mol. The van der Waals surface area contributed by atoms with E-state index in [9.17, 15) is 9.59 Å². The molecule has 2 aromatic rings. The quantitative estimate of drug-likeness (QED) is 0.882. The molecule has 2 rings (SSSR count). The highest BCUT2D eigenvalue weighted by atomic mass is 35.5. The van der Waals surface area contributed by atoms with E-state index in [0.717, 1.165) is 6.20 Å². The van der Waals surface area contributed by atoms with Crippen molar-refractivity contribution in [2.24, 2.45) is 0 Å². The number of hydrogen-bond donors (Lipinski definition) is 2. The normalized spacial score (nSPS) is 11.4. The van der Waals surface area contributed by atoms with Gasteiger partial charge in [0.15, 0.2) is 17.2 Å². The summed E-state index contributed by atoms with van der Waals surface area (Å²) in [5.41, 5.74) is -0.621. The van der Waals surface area contributed by atoms with Gasteiger partial charge < -0.3 is 9.84 Å². The van der Waals surface area contributed by atoms with Crippen LogP contribution in [0.1, 0.15) is 31.3 Å². The fourth-order valence-electron chi connectivity index (χ4n) is 1.60. The summed E-state index contributed by atoms with van der Waals surface area (Å²) in [6.07, 6.45) is 1.71. The third-order valence-electron chi connectivity index (χ3n) is 2.30. The van der Waals surface area contributed by atoms with Crippen LogP contribution in [0.15, 0.2) is 12.4 Å². The number of rotatable bonds is 2. The van der Waals surface area contributed by atoms with E-state index in [-0.39, 0.29) is 22.3 Å². The van der Waals surface area contributed by atoms with Crippen molar-refractivity contribution in [3.05, 3.63) is 23.2 Å². The molecule has 0 saturated carbocycles. The molecule has 0 spiro atoms. The maximum absolute atomic E-state index is 11.8. The van der Waals surface area contributed by atoms with Gasteiger partial charge in [-0.05, 0) is 20.8 Å². The molecular formula is C12H13ClN4O4. The molecule has 0 aliphatic carbocycles. The second kappa shape index (κ2) is 5.21. The maximum Gasteiger partial charge on any atom is 0.413 e. The van der Waals surface area contributed by atoms with Crippen LogP contribution in [0.4, 0.5) is 10.6 Å². The summed E-state index contributed by atoms with van der Waals surface area (Å²) in [5, 5.41) is 11.5. The van der Waals surface area contributed by atoms with Crippen molar-refractivity contribution >= 4 is 35.1 Å². The Morgan fingerprint density at radius 3 is 2.67 bits per heavy atom. The largest absolute Gasteiger partial charge is 0.477 e. The second-order valence-corrected chi connectivity index (χ2v) is 5.57. The summed E-state index contributed by atoms with van der Waals surface area (Å²) < 4.78 is 6.32. The number of carboxylic acid groups (broad SMARTS) is 1. The zero-order valence-corrected chi connectivity index (χ0v) is 12.3. The number of aromatic nitrogens is 3. The lowest BCUT2D eigenvalue weighted by Gasteiger charge is -2.19. The smallest absolute Gasteiger partial charge is 0.413 e. The van der Waals surface area contributed by atoms with Crippen molar-refractivity contribution in [1.82, 2.24) is 14.4 Å². The second-order valence-electron chi connectivity index (χ2n) is 5.18. The summed E-state index contributed by atoms with van der Waals surface area (Å²) in [5.74, 6) is -1.16. The monoisotopic (exact) mass is 312 g/mol. The SMILES string of the molecule is CC(C)(C)OC(=O)Nc1nc(Cl)cn2c(C(=O)O)cnc12. The van der Waals surface area contributed by atoms with Crippen LogP contribution < -0.4 is 5.32 Å². The van der Waals surface area contributed by atoms with Crippen LogP contribution >= 0.6 is 11.6 Å². The number of aromatic carboxylic acids is 1. The maximum atomic E-state index is 11.8. The summed E-state index contributed by atoms with van der Waals surface area (Å²) in [7, 11) is 0. The van der Waals surface area contributed by atoms with Crippen LogP contribution in [-0.2, 0) is 4.74 Å². The van der Waals surface area contributed by atoms with Crippen molar-refractivity contribution in [3.63, 3.8) is 0 Å². The molecule has 0 atom stereocenters. The fourth-order valence-corrected chi connectivity index (χ4v) is 1.78. The van der Waals surface area contributed by atoms with Crippen LogP contribution in [0.5, 0.6) is 0 Å². The summed E-state index contributed by atoms with van der Waals surface area (Å²) in [6, 6.07) is 0. The Balaban J connectivity index is 2.40. The first-order valence-electron chi connectivity index (χ1n) is 5.94. The first-order chi connectivity index (χ1) is 9.67. The number of amides is 1. The number of ether oxygens (including phenoxy) is 1. The van der Waals surface area contributed by atoms with Gasteiger partial charge in [-0.15, -0.1) is 0 Å². The van der Waals surface area contributed by atoms with E-state index in [2.05, 4.69) is 15.3 Å². The van der Waals surface area contributed by atoms with Crippen molar-refractivity contribution < 1.29 is 19.4 Å². The van der Waals surface area contributed by atoms with Gasteiger partial charge in [-0.3, -0.25) is 9.72 Å². The number of halogens is 1. The number of imidazole rings is 1. The van der Waals surface area contributed by atoms with Crippen LogP contribution in [0.3, 0.4) is 0 Å². The topological polar surface area (TPSA) is 106 Å². The summed E-state index contributed by atoms with van der Waals surface area (Å²) >= 11 is 5.83. The average Bonchev–Trinajstić information content (AvgIpc) is 2.69. The zero-order valence-electron chi connectivity index (χ0n) is 11.5. The highest BCUT2D eigenvalue weighted by Gasteiger charge is 2.20. The minimum atomic E-state index is -1.17. The Morgan fingerprint density at radius 2 is 2.10 bits per heavy atom. The predicted octanol–water partition coefficient (Wildman–Crippen LogP) is 2.43. The Kier molecular flexibility index (Phi) is 3.73. The van der Waals surface area contributed by atoms with Gasteiger partial charge in [0.25, 0.3) is 0 Å². The van der Waals surface area contributed by atoms with Gasteiger partial charge in [0.2, 0.25) is 0 Å². The van der Waals surface area contributed by atoms with Gasteiger partial charge in [0.05, 0.1) is 6.20 Å². The van der Waals surface area contributed by atoms with E-state index in [1.165, 1.54) is 10.6 Å². The highest BCUT2D eigenvalue weighted by Crippen LogP contribution is 2.20. The Morgan fingerprint density at radius 1 is 1.43 bits per heavy atom. The molecule has 8 nitrogen and oxygen atoms in total. The first kappa shape index (κ1) is 15.0. The molecule has 0 unspecified atom stereocenters. The number of carbonyl (C=O) groups is 2. The molecule has 21 heavy (non-hydrogen) atoms. The van der Waals surface area contributed by atoms with E-state index < -0.39 is 17.7 Å². The van der Waals surface area contributed by atoms with Crippen molar-refractivity contribution in [2.75, 3.05) is 5.32 Å². The Bertz CT molecular complexity index is 720. The molecule has 0 fully saturated rings. The van der Waals surface area contributed by atoms with Gasteiger partial charge in [-0.2, -0.15) is 0 Å². The number of carbonyl (C=O) groups excluding carboxylic acids is 1. The molecule has 2 N–H and O–H groups in total. The average molecular weight is 313 g/mol. The molecule has 0 aliphatic rings. The molecule has 0 saturated heterocycles. The molecule has 0 radical (unpaired) electrons. The van der Waals surface area contributed by atoms with Gasteiger partial charge in [0, 0.05) is 6.20 Å². The Hall–Kier alpha value is -2.35. The van der Waals surface area contributed by atoms with Crippen LogP contribution in [0, 0.1) is 0 Å². The molecule has 0 bridgehead atoms. The number of carboxylic acids is 1. The number of nitrogens with one attached hydrogen (secondary N) is 1. The van der Waals surface area contributed by atoms with E-state index in [1.54, 1.807) is 20.8 Å². The van der Waals surface area contributed by atoms with E-state index >= 15 is 0 Å². The third kappa shape index (κ3) is 3.40. The minimum absolute atomic E-state index is 0.00839. The van der Waals surface area contributed by atoms with Crippen molar-refractivity contribution in [2.45, 2.75) is 26.4 Å². The van der Waals surface area contributed by atoms with Gasteiger partial charge in [-0.25, -0.2) is 19.6 Å². The zero-order chi connectivity index (χ0) is 15.8. The van der Waals surface area contributed by atoms with E-state index in [4.69, 9.17) is 21.4 Å². The number of anilines is 1. The molecule has 0 aliphatic heterocycles. The fraction of sp³-hybridized carbons (Fsp3) is 0.333. The lowest BCUT2D eigenvalue weighted by atomic mass is 10.2. The van der Waals surface area contributed by atoms with E-state index in [1.807, 2.05) is 0 Å². The van der Waals surface area contributed by atoms with Crippen LogP contribution in [-0.4, -0.2) is 37.1 Å². The number of hydrogen-bond acceptors (Lipinski definition) is 5. The van der Waals surface area contributed by atoms with Gasteiger partial charge >= 0.3 is 12.1 Å². The van der Waals surface area contributed by atoms with Crippen molar-refractivity contribution in [1.29, 1.82) is 0 Å².